The standard InChI is InChI=1S/C23H30N2O2/c1-2-6-22(21-7-4-3-5-8-21)23(26)24-17-19-9-11-20(12-10-19)18-25-13-15-27-16-14-25/h3-5,7-12,22H,2,6,13-18H2,1H3,(H,24,26)/t22-/m1/s1. The molecule has 1 heterocycles. The first-order valence-corrected chi connectivity index (χ1v) is 9.97. The van der Waals surface area contributed by atoms with Crippen LogP contribution in [0.3, 0.4) is 0 Å². The number of nitrogens with one attached hydrogen (secondary N) is 1. The molecule has 1 N–H and O–H groups in total. The lowest BCUT2D eigenvalue weighted by Crippen LogP contribution is -2.35. The maximum absolute atomic E-state index is 12.7. The lowest BCUT2D eigenvalue weighted by molar-refractivity contribution is -0.122. The van der Waals surface area contributed by atoms with Gasteiger partial charge in [0.05, 0.1) is 19.1 Å². The van der Waals surface area contributed by atoms with E-state index < -0.39 is 0 Å². The Bertz CT molecular complexity index is 694. The molecule has 3 rings (SSSR count). The smallest absolute Gasteiger partial charge is 0.227 e. The van der Waals surface area contributed by atoms with Crippen molar-refractivity contribution in [2.45, 2.75) is 38.8 Å². The highest BCUT2D eigenvalue weighted by atomic mass is 16.5. The number of benzene rings is 2. The second kappa shape index (κ2) is 10.2. The molecule has 0 saturated carbocycles. The molecule has 144 valence electrons. The summed E-state index contributed by atoms with van der Waals surface area (Å²) in [7, 11) is 0. The fourth-order valence-corrected chi connectivity index (χ4v) is 3.52. The van der Waals surface area contributed by atoms with E-state index in [2.05, 4.69) is 41.4 Å². The third-order valence-electron chi connectivity index (χ3n) is 5.10. The first-order chi connectivity index (χ1) is 13.3. The first kappa shape index (κ1) is 19.6. The Hall–Kier alpha value is -2.17. The molecule has 1 aliphatic heterocycles. The monoisotopic (exact) mass is 366 g/mol. The second-order valence-electron chi connectivity index (χ2n) is 7.17. The van der Waals surface area contributed by atoms with Gasteiger partial charge in [-0.05, 0) is 23.1 Å². The molecule has 1 fully saturated rings. The van der Waals surface area contributed by atoms with Gasteiger partial charge in [-0.2, -0.15) is 0 Å². The summed E-state index contributed by atoms with van der Waals surface area (Å²) >= 11 is 0. The zero-order valence-electron chi connectivity index (χ0n) is 16.2. The Morgan fingerprint density at radius 2 is 1.70 bits per heavy atom. The van der Waals surface area contributed by atoms with Crippen LogP contribution in [0.25, 0.3) is 0 Å². The van der Waals surface area contributed by atoms with Crippen LogP contribution in [0.5, 0.6) is 0 Å². The average molecular weight is 367 g/mol. The van der Waals surface area contributed by atoms with E-state index in [1.807, 2.05) is 30.3 Å². The van der Waals surface area contributed by atoms with Crippen molar-refractivity contribution < 1.29 is 9.53 Å². The molecule has 1 atom stereocenters. The van der Waals surface area contributed by atoms with E-state index in [1.54, 1.807) is 0 Å². The summed E-state index contributed by atoms with van der Waals surface area (Å²) in [6.07, 6.45) is 1.86. The summed E-state index contributed by atoms with van der Waals surface area (Å²) in [6, 6.07) is 18.6. The summed E-state index contributed by atoms with van der Waals surface area (Å²) < 4.78 is 5.40. The van der Waals surface area contributed by atoms with Crippen molar-refractivity contribution >= 4 is 5.91 Å². The van der Waals surface area contributed by atoms with Gasteiger partial charge in [0.2, 0.25) is 5.91 Å². The molecule has 2 aromatic carbocycles. The molecule has 0 radical (unpaired) electrons. The lowest BCUT2D eigenvalue weighted by atomic mass is 9.93. The van der Waals surface area contributed by atoms with E-state index in [9.17, 15) is 4.79 Å². The van der Waals surface area contributed by atoms with Crippen LogP contribution < -0.4 is 5.32 Å². The van der Waals surface area contributed by atoms with Crippen LogP contribution in [0, 0.1) is 0 Å². The van der Waals surface area contributed by atoms with Gasteiger partial charge in [0.15, 0.2) is 0 Å². The highest BCUT2D eigenvalue weighted by Gasteiger charge is 2.19. The van der Waals surface area contributed by atoms with Crippen LogP contribution in [0.2, 0.25) is 0 Å². The average Bonchev–Trinajstić information content (AvgIpc) is 2.73. The highest BCUT2D eigenvalue weighted by Crippen LogP contribution is 2.21. The molecular weight excluding hydrogens is 336 g/mol. The molecule has 27 heavy (non-hydrogen) atoms. The number of hydrogen-bond acceptors (Lipinski definition) is 3. The molecular formula is C23H30N2O2. The van der Waals surface area contributed by atoms with Crippen LogP contribution in [0.15, 0.2) is 54.6 Å². The molecule has 0 aromatic heterocycles. The number of hydrogen-bond donors (Lipinski definition) is 1. The maximum atomic E-state index is 12.7. The molecule has 1 aliphatic rings. The van der Waals surface area contributed by atoms with Crippen molar-refractivity contribution in [1.82, 2.24) is 10.2 Å². The van der Waals surface area contributed by atoms with Gasteiger partial charge in [-0.3, -0.25) is 9.69 Å². The van der Waals surface area contributed by atoms with Crippen LogP contribution >= 0.6 is 0 Å². The molecule has 0 spiro atoms. The summed E-state index contributed by atoms with van der Waals surface area (Å²) in [4.78, 5) is 15.1. The number of nitrogens with zero attached hydrogens (tertiary/aromatic N) is 1. The van der Waals surface area contributed by atoms with Gasteiger partial charge < -0.3 is 10.1 Å². The quantitative estimate of drug-likeness (QED) is 0.774. The van der Waals surface area contributed by atoms with E-state index in [4.69, 9.17) is 4.74 Å². The number of rotatable bonds is 8. The fourth-order valence-electron chi connectivity index (χ4n) is 3.52. The SMILES string of the molecule is CCC[C@@H](C(=O)NCc1ccc(CN2CCOCC2)cc1)c1ccccc1. The molecule has 0 bridgehead atoms. The van der Waals surface area contributed by atoms with Crippen LogP contribution in [0.1, 0.15) is 42.4 Å². The van der Waals surface area contributed by atoms with Gasteiger partial charge in [-0.1, -0.05) is 67.9 Å². The minimum Gasteiger partial charge on any atom is -0.379 e. The predicted octanol–water partition coefficient (Wildman–Crippen LogP) is 3.72. The summed E-state index contributed by atoms with van der Waals surface area (Å²) in [5, 5.41) is 3.12. The van der Waals surface area contributed by atoms with Crippen molar-refractivity contribution in [3.05, 3.63) is 71.3 Å². The Kier molecular flexibility index (Phi) is 7.43. The van der Waals surface area contributed by atoms with Gasteiger partial charge >= 0.3 is 0 Å². The zero-order chi connectivity index (χ0) is 18.9. The highest BCUT2D eigenvalue weighted by molar-refractivity contribution is 5.83. The lowest BCUT2D eigenvalue weighted by Gasteiger charge is -2.26. The van der Waals surface area contributed by atoms with E-state index in [0.717, 1.165) is 56.8 Å². The molecule has 1 saturated heterocycles. The summed E-state index contributed by atoms with van der Waals surface area (Å²) in [5.41, 5.74) is 3.54. The van der Waals surface area contributed by atoms with Crippen LogP contribution in [-0.2, 0) is 22.6 Å². The van der Waals surface area contributed by atoms with Crippen molar-refractivity contribution in [3.63, 3.8) is 0 Å². The van der Waals surface area contributed by atoms with Crippen LogP contribution in [-0.4, -0.2) is 37.1 Å². The Labute approximate surface area is 162 Å². The molecule has 0 unspecified atom stereocenters. The zero-order valence-corrected chi connectivity index (χ0v) is 16.2. The number of ether oxygens (including phenoxy) is 1. The van der Waals surface area contributed by atoms with Gasteiger partial charge in [-0.15, -0.1) is 0 Å². The molecule has 4 nitrogen and oxygen atoms in total. The van der Waals surface area contributed by atoms with Crippen molar-refractivity contribution in [1.29, 1.82) is 0 Å². The van der Waals surface area contributed by atoms with Crippen LogP contribution in [0.4, 0.5) is 0 Å². The third kappa shape index (κ3) is 5.91. The summed E-state index contributed by atoms with van der Waals surface area (Å²) in [6.45, 7) is 7.30. The molecule has 4 heteroatoms. The van der Waals surface area contributed by atoms with E-state index in [0.29, 0.717) is 6.54 Å². The number of carbonyl (C=O) groups excluding carboxylic acids is 1. The van der Waals surface area contributed by atoms with Gasteiger partial charge in [-0.25, -0.2) is 0 Å². The van der Waals surface area contributed by atoms with Gasteiger partial charge in [0.1, 0.15) is 0 Å². The Balaban J connectivity index is 1.53. The maximum Gasteiger partial charge on any atom is 0.227 e. The number of carbonyl (C=O) groups is 1. The van der Waals surface area contributed by atoms with Crippen molar-refractivity contribution in [3.8, 4) is 0 Å². The van der Waals surface area contributed by atoms with Crippen molar-refractivity contribution in [2.24, 2.45) is 0 Å². The Morgan fingerprint density at radius 3 is 2.37 bits per heavy atom. The van der Waals surface area contributed by atoms with Crippen molar-refractivity contribution in [2.75, 3.05) is 26.3 Å². The van der Waals surface area contributed by atoms with E-state index >= 15 is 0 Å². The second-order valence-corrected chi connectivity index (χ2v) is 7.17. The van der Waals surface area contributed by atoms with Gasteiger partial charge in [0, 0.05) is 26.2 Å². The number of morpholine rings is 1. The topological polar surface area (TPSA) is 41.6 Å². The normalized spacial score (nSPS) is 16.0. The Morgan fingerprint density at radius 1 is 1.04 bits per heavy atom. The number of amides is 1. The minimum atomic E-state index is -0.0724. The first-order valence-electron chi connectivity index (χ1n) is 9.97. The molecule has 2 aromatic rings. The van der Waals surface area contributed by atoms with E-state index in [1.165, 1.54) is 5.56 Å². The summed E-state index contributed by atoms with van der Waals surface area (Å²) in [5.74, 6) is 0.0391. The van der Waals surface area contributed by atoms with E-state index in [-0.39, 0.29) is 11.8 Å². The largest absolute Gasteiger partial charge is 0.379 e. The van der Waals surface area contributed by atoms with Gasteiger partial charge in [0.25, 0.3) is 0 Å². The third-order valence-corrected chi connectivity index (χ3v) is 5.10. The minimum absolute atomic E-state index is 0.0724. The predicted molar refractivity (Wildman–Crippen MR) is 108 cm³/mol. The fraction of sp³-hybridized carbons (Fsp3) is 0.435. The molecule has 0 aliphatic carbocycles. The molecule has 1 amide bonds.